The molecule has 0 spiro atoms. The first-order valence-electron chi connectivity index (χ1n) is 11.8. The molecule has 0 saturated carbocycles. The Kier molecular flexibility index (Phi) is 20.0. The van der Waals surface area contributed by atoms with Gasteiger partial charge in [0.25, 0.3) is 0 Å². The fraction of sp³-hybridized carbons (Fsp3) is 0.760. The largest absolute Gasteiger partial charge is 0.464 e. The van der Waals surface area contributed by atoms with Crippen LogP contribution in [0.25, 0.3) is 0 Å². The first kappa shape index (κ1) is 27.4. The number of esters is 1. The summed E-state index contributed by atoms with van der Waals surface area (Å²) in [4.78, 5) is 22.5. The van der Waals surface area contributed by atoms with Crippen LogP contribution in [-0.2, 0) is 14.3 Å². The molecule has 0 aliphatic carbocycles. The van der Waals surface area contributed by atoms with Gasteiger partial charge in [-0.25, -0.2) is 0 Å². The normalized spacial score (nSPS) is 11.8. The van der Waals surface area contributed by atoms with Gasteiger partial charge < -0.3 is 10.1 Å². The van der Waals surface area contributed by atoms with Crippen LogP contribution in [0.3, 0.4) is 0 Å². The van der Waals surface area contributed by atoms with Gasteiger partial charge >= 0.3 is 5.97 Å². The maximum atomic E-state index is 11.8. The summed E-state index contributed by atoms with van der Waals surface area (Å²) in [7, 11) is 0. The number of carbonyl (C=O) groups is 2. The van der Waals surface area contributed by atoms with Crippen molar-refractivity contribution in [1.82, 2.24) is 5.32 Å². The molecule has 0 bridgehead atoms. The number of hydrogen-bond donors (Lipinski definition) is 1. The van der Waals surface area contributed by atoms with E-state index in [1.807, 2.05) is 13.0 Å². The van der Waals surface area contributed by atoms with Crippen molar-refractivity contribution in [1.29, 1.82) is 0 Å². The van der Waals surface area contributed by atoms with Crippen LogP contribution < -0.4 is 5.32 Å². The van der Waals surface area contributed by atoms with Crippen molar-refractivity contribution >= 4 is 11.9 Å². The lowest BCUT2D eigenvalue weighted by molar-refractivity contribution is -0.141. The van der Waals surface area contributed by atoms with Gasteiger partial charge in [0.1, 0.15) is 6.61 Å². The molecule has 0 aromatic rings. The molecule has 4 nitrogen and oxygen atoms in total. The molecule has 0 aromatic heterocycles. The van der Waals surface area contributed by atoms with E-state index in [2.05, 4.69) is 24.4 Å². The molecule has 0 aliphatic heterocycles. The Hall–Kier alpha value is -1.58. The van der Waals surface area contributed by atoms with Gasteiger partial charge in [0.15, 0.2) is 0 Å². The summed E-state index contributed by atoms with van der Waals surface area (Å²) in [5.41, 5.74) is 0.714. The van der Waals surface area contributed by atoms with Crippen LogP contribution >= 0.6 is 0 Å². The van der Waals surface area contributed by atoms with E-state index >= 15 is 0 Å². The first-order valence-corrected chi connectivity index (χ1v) is 11.8. The number of unbranched alkanes of at least 4 members (excludes halogenated alkanes) is 12. The number of hydrogen-bond acceptors (Lipinski definition) is 3. The first-order chi connectivity index (χ1) is 14.1. The molecule has 1 N–H and O–H groups in total. The molecule has 29 heavy (non-hydrogen) atoms. The Bertz CT molecular complexity index is 469. The van der Waals surface area contributed by atoms with E-state index in [0.717, 1.165) is 19.3 Å². The molecule has 0 atom stereocenters. The lowest BCUT2D eigenvalue weighted by atomic mass is 10.1. The third-order valence-electron chi connectivity index (χ3n) is 4.98. The van der Waals surface area contributed by atoms with Gasteiger partial charge in [0, 0.05) is 12.5 Å². The average Bonchev–Trinajstić information content (AvgIpc) is 2.70. The highest BCUT2D eigenvalue weighted by Crippen LogP contribution is 2.12. The summed E-state index contributed by atoms with van der Waals surface area (Å²) in [5.74, 6) is -0.423. The highest BCUT2D eigenvalue weighted by Gasteiger charge is 2.02. The van der Waals surface area contributed by atoms with Crippen molar-refractivity contribution < 1.29 is 14.3 Å². The van der Waals surface area contributed by atoms with Crippen LogP contribution in [0.2, 0.25) is 0 Å². The van der Waals surface area contributed by atoms with Crippen molar-refractivity contribution in [3.8, 4) is 0 Å². The zero-order valence-electron chi connectivity index (χ0n) is 19.3. The number of ether oxygens (including phenoxy) is 1. The standard InChI is InChI=1S/C25H45NO3/c1-4-5-6-7-8-9-10-11-12-13-14-15-16-17-18-19-20-23(2)25(28)26-21-22-29-24(3)27/h16-17,20H,4-15,18-19,21-22H2,1-3H3,(H,26,28)/b17-16+,23-20+. The van der Waals surface area contributed by atoms with Crippen molar-refractivity contribution in [2.75, 3.05) is 13.2 Å². The minimum absolute atomic E-state index is 0.0953. The molecule has 0 aliphatic rings. The summed E-state index contributed by atoms with van der Waals surface area (Å²) in [5, 5.41) is 2.74. The number of nitrogens with one attached hydrogen (secondary N) is 1. The van der Waals surface area contributed by atoms with Crippen LogP contribution in [-0.4, -0.2) is 25.0 Å². The van der Waals surface area contributed by atoms with E-state index in [-0.39, 0.29) is 18.5 Å². The molecule has 0 rings (SSSR count). The summed E-state index contributed by atoms with van der Waals surface area (Å²) >= 11 is 0. The van der Waals surface area contributed by atoms with E-state index in [1.54, 1.807) is 0 Å². The highest BCUT2D eigenvalue weighted by atomic mass is 16.5. The Balaban J connectivity index is 3.47. The van der Waals surface area contributed by atoms with Crippen LogP contribution in [0, 0.1) is 0 Å². The molecular formula is C25H45NO3. The van der Waals surface area contributed by atoms with Crippen LogP contribution in [0.1, 0.15) is 111 Å². The molecule has 0 radical (unpaired) electrons. The second-order valence-corrected chi connectivity index (χ2v) is 7.86. The number of carbonyl (C=O) groups excluding carboxylic acids is 2. The highest BCUT2D eigenvalue weighted by molar-refractivity contribution is 5.92. The fourth-order valence-electron chi connectivity index (χ4n) is 3.15. The van der Waals surface area contributed by atoms with Gasteiger partial charge in [-0.15, -0.1) is 0 Å². The summed E-state index contributed by atoms with van der Waals surface area (Å²) < 4.78 is 4.78. The molecule has 4 heteroatoms. The second kappa shape index (κ2) is 21.1. The molecule has 0 saturated heterocycles. The minimum Gasteiger partial charge on any atom is -0.464 e. The Morgan fingerprint density at radius 2 is 1.31 bits per heavy atom. The summed E-state index contributed by atoms with van der Waals surface area (Å²) in [6.45, 7) is 6.01. The molecule has 168 valence electrons. The number of rotatable bonds is 19. The Labute approximate surface area is 179 Å². The molecule has 0 heterocycles. The molecular weight excluding hydrogens is 362 g/mol. The predicted octanol–water partition coefficient (Wildman–Crippen LogP) is 6.65. The SMILES string of the molecule is CCCCCCCCCCCCC/C=C/CC/C=C(\C)C(=O)NCCOC(C)=O. The fourth-order valence-corrected chi connectivity index (χ4v) is 3.15. The van der Waals surface area contributed by atoms with Gasteiger partial charge in [-0.1, -0.05) is 89.4 Å². The lowest BCUT2D eigenvalue weighted by Crippen LogP contribution is -2.28. The smallest absolute Gasteiger partial charge is 0.302 e. The number of amides is 1. The quantitative estimate of drug-likeness (QED) is 0.113. The van der Waals surface area contributed by atoms with Crippen molar-refractivity contribution in [3.05, 3.63) is 23.8 Å². The zero-order chi connectivity index (χ0) is 21.6. The third-order valence-corrected chi connectivity index (χ3v) is 4.98. The molecule has 0 aromatic carbocycles. The van der Waals surface area contributed by atoms with Gasteiger partial charge in [-0.3, -0.25) is 9.59 Å². The van der Waals surface area contributed by atoms with E-state index in [4.69, 9.17) is 4.74 Å². The van der Waals surface area contributed by atoms with Gasteiger partial charge in [-0.2, -0.15) is 0 Å². The maximum Gasteiger partial charge on any atom is 0.302 e. The van der Waals surface area contributed by atoms with Gasteiger partial charge in [0.05, 0.1) is 6.54 Å². The van der Waals surface area contributed by atoms with E-state index < -0.39 is 0 Å². The summed E-state index contributed by atoms with van der Waals surface area (Å²) in [6, 6.07) is 0. The minimum atomic E-state index is -0.327. The zero-order valence-corrected chi connectivity index (χ0v) is 19.3. The lowest BCUT2D eigenvalue weighted by Gasteiger charge is -2.05. The predicted molar refractivity (Wildman–Crippen MR) is 123 cm³/mol. The van der Waals surface area contributed by atoms with Crippen LogP contribution in [0.4, 0.5) is 0 Å². The Morgan fingerprint density at radius 3 is 1.90 bits per heavy atom. The second-order valence-electron chi connectivity index (χ2n) is 7.86. The van der Waals surface area contributed by atoms with Gasteiger partial charge in [-0.05, 0) is 32.6 Å². The maximum absolute atomic E-state index is 11.8. The molecule has 1 amide bonds. The van der Waals surface area contributed by atoms with Crippen molar-refractivity contribution in [2.24, 2.45) is 0 Å². The Morgan fingerprint density at radius 1 is 0.759 bits per heavy atom. The topological polar surface area (TPSA) is 55.4 Å². The van der Waals surface area contributed by atoms with E-state index in [1.165, 1.54) is 77.6 Å². The van der Waals surface area contributed by atoms with Crippen LogP contribution in [0.5, 0.6) is 0 Å². The molecule has 0 fully saturated rings. The third kappa shape index (κ3) is 21.0. The monoisotopic (exact) mass is 407 g/mol. The van der Waals surface area contributed by atoms with E-state index in [9.17, 15) is 9.59 Å². The number of allylic oxidation sites excluding steroid dienone is 3. The van der Waals surface area contributed by atoms with Gasteiger partial charge in [0.2, 0.25) is 5.91 Å². The summed E-state index contributed by atoms with van der Waals surface area (Å²) in [6.07, 6.45) is 24.7. The van der Waals surface area contributed by atoms with E-state index in [0.29, 0.717) is 12.1 Å². The van der Waals surface area contributed by atoms with Crippen LogP contribution in [0.15, 0.2) is 23.8 Å². The molecule has 0 unspecified atom stereocenters. The average molecular weight is 408 g/mol. The van der Waals surface area contributed by atoms with Crippen molar-refractivity contribution in [3.63, 3.8) is 0 Å². The van der Waals surface area contributed by atoms with Crippen molar-refractivity contribution in [2.45, 2.75) is 111 Å².